The second-order valence-corrected chi connectivity index (χ2v) is 4.71. The van der Waals surface area contributed by atoms with Crippen molar-refractivity contribution < 1.29 is 19.0 Å². The lowest BCUT2D eigenvalue weighted by Crippen LogP contribution is -2.32. The van der Waals surface area contributed by atoms with Gasteiger partial charge in [-0.25, -0.2) is 4.79 Å². The maximum Gasteiger partial charge on any atom is 0.327 e. The average Bonchev–Trinajstić information content (AvgIpc) is 2.43. The summed E-state index contributed by atoms with van der Waals surface area (Å²) in [6, 6.07) is 4.90. The number of esters is 1. The minimum Gasteiger partial charge on any atom is -0.496 e. The molecule has 0 saturated carbocycles. The van der Waals surface area contributed by atoms with Crippen LogP contribution in [-0.4, -0.2) is 40.5 Å². The van der Waals surface area contributed by atoms with Crippen LogP contribution >= 0.6 is 15.9 Å². The Hall–Kier alpha value is -1.11. The summed E-state index contributed by atoms with van der Waals surface area (Å²) in [4.78, 5) is 11.9. The summed E-state index contributed by atoms with van der Waals surface area (Å²) in [6.07, 6.45) is 0. The van der Waals surface area contributed by atoms with Crippen LogP contribution in [0.3, 0.4) is 0 Å². The van der Waals surface area contributed by atoms with Crippen LogP contribution in [-0.2, 0) is 14.3 Å². The molecule has 0 bridgehead atoms. The molecule has 1 rings (SSSR count). The van der Waals surface area contributed by atoms with Gasteiger partial charge in [-0.3, -0.25) is 5.32 Å². The van der Waals surface area contributed by atoms with Gasteiger partial charge < -0.3 is 14.2 Å². The Morgan fingerprint density at radius 3 is 2.68 bits per heavy atom. The lowest BCUT2D eigenvalue weighted by atomic mass is 10.1. The first-order valence-electron chi connectivity index (χ1n) is 5.77. The smallest absolute Gasteiger partial charge is 0.327 e. The van der Waals surface area contributed by atoms with Crippen molar-refractivity contribution in [2.24, 2.45) is 0 Å². The number of methoxy groups -OCH3 is 3. The summed E-state index contributed by atoms with van der Waals surface area (Å²) >= 11 is 3.39. The zero-order valence-corrected chi connectivity index (χ0v) is 12.8. The van der Waals surface area contributed by atoms with E-state index in [1.807, 2.05) is 12.1 Å². The molecule has 0 aliphatic heterocycles. The normalized spacial score (nSPS) is 12.0. The molecule has 0 fully saturated rings. The van der Waals surface area contributed by atoms with Crippen LogP contribution in [0.4, 0.5) is 0 Å². The molecule has 106 valence electrons. The highest BCUT2D eigenvalue weighted by atomic mass is 79.9. The van der Waals surface area contributed by atoms with Crippen LogP contribution in [0.5, 0.6) is 5.75 Å². The first-order chi connectivity index (χ1) is 9.13. The number of nitrogens with one attached hydrogen (secondary N) is 1. The van der Waals surface area contributed by atoms with Gasteiger partial charge in [0, 0.05) is 23.7 Å². The van der Waals surface area contributed by atoms with E-state index < -0.39 is 6.04 Å². The fourth-order valence-electron chi connectivity index (χ4n) is 1.67. The van der Waals surface area contributed by atoms with E-state index in [0.29, 0.717) is 18.9 Å². The van der Waals surface area contributed by atoms with E-state index in [-0.39, 0.29) is 5.97 Å². The molecule has 1 atom stereocenters. The molecule has 0 spiro atoms. The van der Waals surface area contributed by atoms with Crippen LogP contribution in [0, 0.1) is 0 Å². The lowest BCUT2D eigenvalue weighted by molar-refractivity contribution is -0.143. The number of hydrogen-bond acceptors (Lipinski definition) is 5. The van der Waals surface area contributed by atoms with Gasteiger partial charge in [0.05, 0.1) is 20.8 Å². The summed E-state index contributed by atoms with van der Waals surface area (Å²) in [7, 11) is 4.53. The molecule has 6 heteroatoms. The summed E-state index contributed by atoms with van der Waals surface area (Å²) in [5.74, 6) is 0.260. The molecule has 1 unspecified atom stereocenters. The zero-order chi connectivity index (χ0) is 14.3. The third-order valence-electron chi connectivity index (χ3n) is 2.59. The van der Waals surface area contributed by atoms with Gasteiger partial charge in [0.2, 0.25) is 0 Å². The number of carbonyl (C=O) groups is 1. The van der Waals surface area contributed by atoms with Gasteiger partial charge in [-0.05, 0) is 18.2 Å². The fourth-order valence-corrected chi connectivity index (χ4v) is 2.05. The lowest BCUT2D eigenvalue weighted by Gasteiger charge is -2.19. The van der Waals surface area contributed by atoms with Gasteiger partial charge in [-0.2, -0.15) is 0 Å². The molecule has 1 N–H and O–H groups in total. The Labute approximate surface area is 121 Å². The van der Waals surface area contributed by atoms with Gasteiger partial charge in [0.1, 0.15) is 11.8 Å². The topological polar surface area (TPSA) is 56.8 Å². The molecule has 0 aliphatic rings. The van der Waals surface area contributed by atoms with Gasteiger partial charge in [0.15, 0.2) is 0 Å². The quantitative estimate of drug-likeness (QED) is 0.611. The van der Waals surface area contributed by atoms with Crippen molar-refractivity contribution in [1.29, 1.82) is 0 Å². The second-order valence-electron chi connectivity index (χ2n) is 3.79. The molecule has 5 nitrogen and oxygen atoms in total. The van der Waals surface area contributed by atoms with E-state index in [2.05, 4.69) is 21.2 Å². The molecule has 0 amide bonds. The minimum atomic E-state index is -0.590. The molecule has 0 saturated heterocycles. The van der Waals surface area contributed by atoms with Crippen molar-refractivity contribution in [3.63, 3.8) is 0 Å². The van der Waals surface area contributed by atoms with Crippen molar-refractivity contribution in [3.8, 4) is 5.75 Å². The number of rotatable bonds is 7. The fraction of sp³-hybridized carbons (Fsp3) is 0.462. The molecule has 0 aliphatic carbocycles. The molecular formula is C13H18BrNO4. The number of halogens is 1. The summed E-state index contributed by atoms with van der Waals surface area (Å²) in [5, 5.41) is 3.09. The minimum absolute atomic E-state index is 0.368. The second kappa shape index (κ2) is 8.14. The number of benzene rings is 1. The maximum absolute atomic E-state index is 11.9. The van der Waals surface area contributed by atoms with Crippen molar-refractivity contribution in [3.05, 3.63) is 28.2 Å². The maximum atomic E-state index is 11.9. The Morgan fingerprint density at radius 1 is 1.37 bits per heavy atom. The van der Waals surface area contributed by atoms with Crippen molar-refractivity contribution in [2.45, 2.75) is 6.04 Å². The van der Waals surface area contributed by atoms with E-state index in [9.17, 15) is 4.79 Å². The number of carbonyl (C=O) groups excluding carboxylic acids is 1. The van der Waals surface area contributed by atoms with Crippen LogP contribution in [0.25, 0.3) is 0 Å². The first kappa shape index (κ1) is 15.9. The Kier molecular flexibility index (Phi) is 6.83. The molecule has 1 aromatic carbocycles. The van der Waals surface area contributed by atoms with Gasteiger partial charge in [0.25, 0.3) is 0 Å². The zero-order valence-electron chi connectivity index (χ0n) is 11.2. The van der Waals surface area contributed by atoms with Gasteiger partial charge >= 0.3 is 5.97 Å². The third kappa shape index (κ3) is 4.49. The van der Waals surface area contributed by atoms with E-state index >= 15 is 0 Å². The Bertz CT molecular complexity index is 425. The monoisotopic (exact) mass is 331 g/mol. The van der Waals surface area contributed by atoms with Gasteiger partial charge in [-0.15, -0.1) is 0 Å². The SMILES string of the molecule is COCCNC(C(=O)OC)c1cc(Br)ccc1OC. The Morgan fingerprint density at radius 2 is 2.11 bits per heavy atom. The standard InChI is InChI=1S/C13H18BrNO4/c1-17-7-6-15-12(13(16)19-3)10-8-9(14)4-5-11(10)18-2/h4-5,8,12,15H,6-7H2,1-3H3. The van der Waals surface area contributed by atoms with Crippen LogP contribution in [0.2, 0.25) is 0 Å². The highest BCUT2D eigenvalue weighted by Crippen LogP contribution is 2.29. The van der Waals surface area contributed by atoms with Crippen LogP contribution in [0.1, 0.15) is 11.6 Å². The van der Waals surface area contributed by atoms with E-state index in [0.717, 1.165) is 10.0 Å². The van der Waals surface area contributed by atoms with E-state index in [1.54, 1.807) is 20.3 Å². The first-order valence-corrected chi connectivity index (χ1v) is 6.57. The van der Waals surface area contributed by atoms with E-state index in [1.165, 1.54) is 7.11 Å². The van der Waals surface area contributed by atoms with Crippen molar-refractivity contribution >= 4 is 21.9 Å². The van der Waals surface area contributed by atoms with Crippen LogP contribution in [0.15, 0.2) is 22.7 Å². The van der Waals surface area contributed by atoms with E-state index in [4.69, 9.17) is 14.2 Å². The summed E-state index contributed by atoms with van der Waals surface area (Å²) < 4.78 is 15.9. The predicted molar refractivity (Wildman–Crippen MR) is 75.3 cm³/mol. The molecule has 0 heterocycles. The highest BCUT2D eigenvalue weighted by molar-refractivity contribution is 9.10. The highest BCUT2D eigenvalue weighted by Gasteiger charge is 2.24. The molecule has 0 aromatic heterocycles. The Balaban J connectivity index is 3.01. The summed E-state index contributed by atoms with van der Waals surface area (Å²) in [6.45, 7) is 1.04. The summed E-state index contributed by atoms with van der Waals surface area (Å²) in [5.41, 5.74) is 0.722. The number of ether oxygens (including phenoxy) is 3. The number of hydrogen-bond donors (Lipinski definition) is 1. The third-order valence-corrected chi connectivity index (χ3v) is 3.09. The predicted octanol–water partition coefficient (Wildman–Crippen LogP) is 1.91. The van der Waals surface area contributed by atoms with Crippen molar-refractivity contribution in [1.82, 2.24) is 5.32 Å². The molecular weight excluding hydrogens is 314 g/mol. The van der Waals surface area contributed by atoms with Gasteiger partial charge in [-0.1, -0.05) is 15.9 Å². The molecule has 19 heavy (non-hydrogen) atoms. The van der Waals surface area contributed by atoms with Crippen LogP contribution < -0.4 is 10.1 Å². The largest absolute Gasteiger partial charge is 0.496 e. The van der Waals surface area contributed by atoms with Crippen molar-refractivity contribution in [2.75, 3.05) is 34.5 Å². The molecule has 0 radical (unpaired) electrons. The molecule has 1 aromatic rings. The average molecular weight is 332 g/mol.